The van der Waals surface area contributed by atoms with E-state index < -0.39 is 12.0 Å². The third-order valence-corrected chi connectivity index (χ3v) is 6.60. The largest absolute Gasteiger partial charge is 0.466 e. The number of hydrogen-bond donors (Lipinski definition) is 1. The summed E-state index contributed by atoms with van der Waals surface area (Å²) < 4.78 is 5.12. The lowest BCUT2D eigenvalue weighted by Gasteiger charge is -2.36. The van der Waals surface area contributed by atoms with Crippen LogP contribution in [0.4, 0.5) is 0 Å². The first-order chi connectivity index (χ1) is 16.0. The third kappa shape index (κ3) is 4.82. The minimum absolute atomic E-state index is 0.121. The zero-order chi connectivity index (χ0) is 23.4. The molecule has 7 nitrogen and oxygen atoms in total. The quantitative estimate of drug-likeness (QED) is 0.581. The normalized spacial score (nSPS) is 17.3. The van der Waals surface area contributed by atoms with Gasteiger partial charge in [-0.05, 0) is 35.6 Å². The summed E-state index contributed by atoms with van der Waals surface area (Å²) in [6.07, 6.45) is 2.37. The van der Waals surface area contributed by atoms with E-state index in [1.165, 1.54) is 18.9 Å². The fourth-order valence-electron chi connectivity index (χ4n) is 3.82. The Morgan fingerprint density at radius 2 is 2.00 bits per heavy atom. The Bertz CT molecular complexity index is 1160. The highest BCUT2D eigenvalue weighted by Gasteiger charge is 2.42. The number of hydrogen-bond acceptors (Lipinski definition) is 7. The Labute approximate surface area is 201 Å². The van der Waals surface area contributed by atoms with Crippen molar-refractivity contribution in [1.82, 2.24) is 15.2 Å². The molecule has 4 rings (SSSR count). The molecule has 3 heterocycles. The predicted octanol–water partition coefficient (Wildman–Crippen LogP) is 4.58. The van der Waals surface area contributed by atoms with Crippen LogP contribution in [0.2, 0.25) is 5.02 Å². The first-order valence-electron chi connectivity index (χ1n) is 10.5. The van der Waals surface area contributed by atoms with Crippen molar-refractivity contribution in [3.63, 3.8) is 0 Å². The van der Waals surface area contributed by atoms with E-state index in [1.54, 1.807) is 12.3 Å². The zero-order valence-electron chi connectivity index (χ0n) is 18.2. The maximum atomic E-state index is 12.9. The number of pyridine rings is 1. The Morgan fingerprint density at radius 3 is 2.70 bits per heavy atom. The summed E-state index contributed by atoms with van der Waals surface area (Å²) in [5.74, 6) is -0.619. The number of ether oxygens (including phenoxy) is 1. The zero-order valence-corrected chi connectivity index (χ0v) is 19.8. The van der Waals surface area contributed by atoms with E-state index in [1.807, 2.05) is 53.6 Å². The lowest BCUT2D eigenvalue weighted by molar-refractivity contribution is -0.136. The van der Waals surface area contributed by atoms with Gasteiger partial charge in [0.05, 0.1) is 43.1 Å². The molecule has 2 aliphatic rings. The topological polar surface area (TPSA) is 83.9 Å². The van der Waals surface area contributed by atoms with Crippen LogP contribution in [0.3, 0.4) is 0 Å². The van der Waals surface area contributed by atoms with Gasteiger partial charge in [0.2, 0.25) is 5.91 Å². The van der Waals surface area contributed by atoms with E-state index in [0.29, 0.717) is 34.4 Å². The minimum Gasteiger partial charge on any atom is -0.466 e. The number of nitrogens with zero attached hydrogens (tertiary/aromatic N) is 3. The summed E-state index contributed by atoms with van der Waals surface area (Å²) in [5.41, 5.74) is 3.34. The van der Waals surface area contributed by atoms with Crippen LogP contribution in [0.5, 0.6) is 0 Å². The molecule has 0 saturated heterocycles. The van der Waals surface area contributed by atoms with Gasteiger partial charge >= 0.3 is 5.97 Å². The number of carbonyl (C=O) groups is 2. The third-order valence-electron chi connectivity index (χ3n) is 5.36. The SMILES string of the molecule is CCC1=C(C(=O)OC)C(c2ccccc2Cl)N2C(CC(=O)NCc3ccccn3)=CSC2=N1. The molecule has 0 fully saturated rings. The number of aliphatic imine (C=N–C) groups is 1. The summed E-state index contributed by atoms with van der Waals surface area (Å²) in [6.45, 7) is 2.28. The molecule has 170 valence electrons. The van der Waals surface area contributed by atoms with Gasteiger partial charge in [0.15, 0.2) is 5.17 Å². The van der Waals surface area contributed by atoms with Gasteiger partial charge in [0.1, 0.15) is 0 Å². The summed E-state index contributed by atoms with van der Waals surface area (Å²) in [5, 5.41) is 6.03. The van der Waals surface area contributed by atoms with E-state index in [9.17, 15) is 9.59 Å². The molecule has 0 radical (unpaired) electrons. The Balaban J connectivity index is 1.65. The molecule has 2 aliphatic heterocycles. The van der Waals surface area contributed by atoms with Crippen LogP contribution in [-0.4, -0.2) is 34.0 Å². The molecule has 1 atom stereocenters. The van der Waals surface area contributed by atoms with Crippen molar-refractivity contribution in [1.29, 1.82) is 0 Å². The maximum Gasteiger partial charge on any atom is 0.338 e. The van der Waals surface area contributed by atoms with Gasteiger partial charge in [-0.1, -0.05) is 54.6 Å². The first-order valence-corrected chi connectivity index (χ1v) is 11.7. The molecule has 33 heavy (non-hydrogen) atoms. The average Bonchev–Trinajstić information content (AvgIpc) is 3.24. The number of allylic oxidation sites excluding steroid dienone is 1. The van der Waals surface area contributed by atoms with Crippen molar-refractivity contribution in [3.8, 4) is 0 Å². The van der Waals surface area contributed by atoms with Crippen LogP contribution >= 0.6 is 23.4 Å². The van der Waals surface area contributed by atoms with Gasteiger partial charge in [-0.25, -0.2) is 9.79 Å². The Morgan fingerprint density at radius 1 is 1.21 bits per heavy atom. The van der Waals surface area contributed by atoms with Crippen molar-refractivity contribution in [3.05, 3.63) is 87.3 Å². The number of aromatic nitrogens is 1. The van der Waals surface area contributed by atoms with Crippen LogP contribution in [0.15, 0.2) is 76.0 Å². The number of amides is 1. The summed E-state index contributed by atoms with van der Waals surface area (Å²) in [4.78, 5) is 36.5. The van der Waals surface area contributed by atoms with Gasteiger partial charge in [-0.2, -0.15) is 0 Å². The van der Waals surface area contributed by atoms with Crippen LogP contribution in [0.1, 0.15) is 37.1 Å². The van der Waals surface area contributed by atoms with Crippen LogP contribution in [0, 0.1) is 0 Å². The fraction of sp³-hybridized carbons (Fsp3) is 0.250. The molecule has 1 N–H and O–H groups in total. The van der Waals surface area contributed by atoms with Gasteiger partial charge in [0.25, 0.3) is 0 Å². The number of benzene rings is 1. The second kappa shape index (κ2) is 10.2. The maximum absolute atomic E-state index is 12.9. The number of methoxy groups -OCH3 is 1. The molecule has 1 aromatic heterocycles. The summed E-state index contributed by atoms with van der Waals surface area (Å²) in [7, 11) is 1.35. The van der Waals surface area contributed by atoms with Crippen LogP contribution < -0.4 is 5.32 Å². The minimum atomic E-state index is -0.543. The summed E-state index contributed by atoms with van der Waals surface area (Å²) >= 11 is 8.00. The Hall–Kier alpha value is -3.10. The average molecular weight is 483 g/mol. The number of amidine groups is 1. The molecule has 0 bridgehead atoms. The van der Waals surface area contributed by atoms with Crippen LogP contribution in [-0.2, 0) is 20.9 Å². The van der Waals surface area contributed by atoms with Crippen LogP contribution in [0.25, 0.3) is 0 Å². The van der Waals surface area contributed by atoms with Crippen molar-refractivity contribution < 1.29 is 14.3 Å². The molecule has 1 unspecified atom stereocenters. The molecule has 0 saturated carbocycles. The number of halogens is 1. The highest BCUT2D eigenvalue weighted by Crippen LogP contribution is 2.46. The van der Waals surface area contributed by atoms with E-state index in [4.69, 9.17) is 21.3 Å². The number of rotatable bonds is 7. The summed E-state index contributed by atoms with van der Waals surface area (Å²) in [6, 6.07) is 12.4. The number of nitrogens with one attached hydrogen (secondary N) is 1. The molecule has 9 heteroatoms. The van der Waals surface area contributed by atoms with Gasteiger partial charge in [-0.3, -0.25) is 9.78 Å². The fourth-order valence-corrected chi connectivity index (χ4v) is 5.00. The van der Waals surface area contributed by atoms with Crippen molar-refractivity contribution >= 4 is 40.4 Å². The highest BCUT2D eigenvalue weighted by molar-refractivity contribution is 8.16. The predicted molar refractivity (Wildman–Crippen MR) is 129 cm³/mol. The standard InChI is InChI=1S/C24H23ClN4O3S/c1-3-19-21(23(31)32-2)22(17-9-4-5-10-18(17)25)29-16(14-33-24(29)28-19)12-20(30)27-13-15-8-6-7-11-26-15/h4-11,14,22H,3,12-13H2,1-2H3,(H,27,30). The number of esters is 1. The van der Waals surface area contributed by atoms with E-state index in [-0.39, 0.29) is 12.3 Å². The number of fused-ring (bicyclic) bond motifs is 1. The molecule has 1 amide bonds. The Kier molecular flexibility index (Phi) is 7.15. The molecule has 1 aromatic carbocycles. The van der Waals surface area contributed by atoms with Gasteiger partial charge in [0, 0.05) is 16.9 Å². The second-order valence-electron chi connectivity index (χ2n) is 7.40. The van der Waals surface area contributed by atoms with Gasteiger partial charge in [-0.15, -0.1) is 0 Å². The molecular weight excluding hydrogens is 460 g/mol. The van der Waals surface area contributed by atoms with Crippen molar-refractivity contribution in [2.75, 3.05) is 7.11 Å². The van der Waals surface area contributed by atoms with E-state index in [2.05, 4.69) is 10.3 Å². The van der Waals surface area contributed by atoms with E-state index in [0.717, 1.165) is 17.0 Å². The molecule has 2 aromatic rings. The van der Waals surface area contributed by atoms with Crippen molar-refractivity contribution in [2.24, 2.45) is 4.99 Å². The lowest BCUT2D eigenvalue weighted by atomic mass is 9.93. The first kappa shape index (κ1) is 23.1. The molecule has 0 spiro atoms. The number of carbonyl (C=O) groups excluding carboxylic acids is 2. The molecular formula is C24H23ClN4O3S. The monoisotopic (exact) mass is 482 g/mol. The highest BCUT2D eigenvalue weighted by atomic mass is 35.5. The van der Waals surface area contributed by atoms with Crippen molar-refractivity contribution in [2.45, 2.75) is 32.4 Å². The van der Waals surface area contributed by atoms with Gasteiger partial charge < -0.3 is 15.0 Å². The lowest BCUT2D eigenvalue weighted by Crippen LogP contribution is -2.38. The molecule has 0 aliphatic carbocycles. The van der Waals surface area contributed by atoms with E-state index >= 15 is 0 Å². The smallest absolute Gasteiger partial charge is 0.338 e. The number of thioether (sulfide) groups is 1. The second-order valence-corrected chi connectivity index (χ2v) is 8.64.